The zero-order valence-electron chi connectivity index (χ0n) is 16.8. The highest BCUT2D eigenvalue weighted by atomic mass is 32.2. The summed E-state index contributed by atoms with van der Waals surface area (Å²) in [7, 11) is -3.66. The minimum atomic E-state index is -3.66. The maximum atomic E-state index is 12.5. The zero-order chi connectivity index (χ0) is 20.6. The van der Waals surface area contributed by atoms with E-state index in [1.165, 1.54) is 0 Å². The van der Waals surface area contributed by atoms with Gasteiger partial charge in [0.05, 0.1) is 10.4 Å². The van der Waals surface area contributed by atoms with Crippen LogP contribution in [0.25, 0.3) is 0 Å². The predicted octanol–water partition coefficient (Wildman–Crippen LogP) is 2.27. The van der Waals surface area contributed by atoms with Crippen molar-refractivity contribution in [2.75, 3.05) is 0 Å². The molecule has 6 fully saturated rings. The fraction of sp³-hybridized carbons (Fsp3) is 0.619. The summed E-state index contributed by atoms with van der Waals surface area (Å²) in [4.78, 5) is 14.9. The minimum Gasteiger partial charge on any atom is -0.444 e. The van der Waals surface area contributed by atoms with E-state index in [-0.39, 0.29) is 21.9 Å². The molecule has 2 N–H and O–H groups in total. The second-order valence-corrected chi connectivity index (χ2v) is 12.0. The highest BCUT2D eigenvalue weighted by Crippen LogP contribution is 3.06. The fourth-order valence-corrected chi connectivity index (χ4v) is 8.75. The molecule has 1 amide bonds. The number of ether oxygens (including phenoxy) is 1. The van der Waals surface area contributed by atoms with Gasteiger partial charge >= 0.3 is 6.09 Å². The van der Waals surface area contributed by atoms with Crippen molar-refractivity contribution < 1.29 is 17.9 Å². The standard InChI is InChI=1S/C21H25N3O4S/c1-10-7-5-6-8-11(10)29(26,27)24-22-9-20-12-15-13(20)17-14(20)16(12)21(15,17)23-18(25)28-19(2,3)4/h5-9,12-17,24H,1-4H3,(H,23,25). The lowest BCUT2D eigenvalue weighted by molar-refractivity contribution is -0.601. The molecule has 0 radical (unpaired) electrons. The highest BCUT2D eigenvalue weighted by Gasteiger charge is 3.10. The molecule has 0 spiro atoms. The number of sulfonamides is 1. The number of nitrogens with zero attached hydrogens (tertiary/aromatic N) is 1. The Labute approximate surface area is 170 Å². The van der Waals surface area contributed by atoms with E-state index < -0.39 is 15.6 Å². The molecule has 7 rings (SSSR count). The lowest BCUT2D eigenvalue weighted by atomic mass is 8.94. The fourth-order valence-electron chi connectivity index (χ4n) is 7.71. The Morgan fingerprint density at radius 2 is 1.69 bits per heavy atom. The average Bonchev–Trinajstić information content (AvgIpc) is 2.62. The molecule has 7 nitrogen and oxygen atoms in total. The number of benzene rings is 1. The molecule has 0 atom stereocenters. The molecule has 6 saturated carbocycles. The second kappa shape index (κ2) is 4.79. The van der Waals surface area contributed by atoms with Gasteiger partial charge in [0.25, 0.3) is 10.0 Å². The molecular weight excluding hydrogens is 390 g/mol. The molecule has 0 heterocycles. The van der Waals surface area contributed by atoms with Crippen LogP contribution in [-0.2, 0) is 14.8 Å². The number of hydrazone groups is 1. The van der Waals surface area contributed by atoms with E-state index in [9.17, 15) is 13.2 Å². The summed E-state index contributed by atoms with van der Waals surface area (Å²) in [5, 5.41) is 7.33. The molecule has 1 aromatic carbocycles. The molecule has 29 heavy (non-hydrogen) atoms. The van der Waals surface area contributed by atoms with Crippen molar-refractivity contribution in [1.82, 2.24) is 10.1 Å². The molecule has 0 aromatic heterocycles. The lowest BCUT2D eigenvalue weighted by Crippen LogP contribution is -3.15. The first kappa shape index (κ1) is 17.7. The SMILES string of the molecule is Cc1ccccc1S(=O)(=O)NN=CC12C3C4C1C1C2C3C41NC(=O)OC(C)(C)C. The Kier molecular flexibility index (Phi) is 2.93. The summed E-state index contributed by atoms with van der Waals surface area (Å²) < 4.78 is 30.5. The van der Waals surface area contributed by atoms with Crippen molar-refractivity contribution in [3.8, 4) is 0 Å². The van der Waals surface area contributed by atoms with Crippen LogP contribution in [0.4, 0.5) is 4.79 Å². The summed E-state index contributed by atoms with van der Waals surface area (Å²) in [5.74, 6) is 3.12. The van der Waals surface area contributed by atoms with Gasteiger partial charge in [-0.25, -0.2) is 9.63 Å². The number of carbonyl (C=O) groups excluding carboxylic acids is 1. The first-order chi connectivity index (χ1) is 13.6. The van der Waals surface area contributed by atoms with Crippen molar-refractivity contribution in [1.29, 1.82) is 0 Å². The Morgan fingerprint density at radius 1 is 1.10 bits per heavy atom. The van der Waals surface area contributed by atoms with Gasteiger partial charge in [-0.1, -0.05) is 18.2 Å². The smallest absolute Gasteiger partial charge is 0.408 e. The van der Waals surface area contributed by atoms with Gasteiger partial charge in [0, 0.05) is 11.6 Å². The van der Waals surface area contributed by atoms with Crippen molar-refractivity contribution in [3.63, 3.8) is 0 Å². The summed E-state index contributed by atoms with van der Waals surface area (Å²) >= 11 is 0. The van der Waals surface area contributed by atoms with Gasteiger partial charge in [0.15, 0.2) is 0 Å². The summed E-state index contributed by atoms with van der Waals surface area (Å²) in [6.07, 6.45) is 1.53. The molecule has 0 bridgehead atoms. The first-order valence-corrected chi connectivity index (χ1v) is 11.7. The quantitative estimate of drug-likeness (QED) is 0.570. The molecule has 0 aliphatic heterocycles. The van der Waals surface area contributed by atoms with Crippen LogP contribution < -0.4 is 10.1 Å². The number of nitrogens with one attached hydrogen (secondary N) is 2. The van der Waals surface area contributed by atoms with E-state index in [4.69, 9.17) is 4.74 Å². The topological polar surface area (TPSA) is 96.9 Å². The number of aryl methyl sites for hydroxylation is 1. The number of carbonyl (C=O) groups is 1. The van der Waals surface area contributed by atoms with Crippen LogP contribution in [0, 0.1) is 47.8 Å². The minimum absolute atomic E-state index is 0.0431. The van der Waals surface area contributed by atoms with E-state index in [1.54, 1.807) is 25.1 Å². The van der Waals surface area contributed by atoms with E-state index >= 15 is 0 Å². The Morgan fingerprint density at radius 3 is 2.24 bits per heavy atom. The third-order valence-electron chi connectivity index (χ3n) is 8.27. The Hall–Kier alpha value is -2.09. The predicted molar refractivity (Wildman–Crippen MR) is 105 cm³/mol. The number of hydrogen-bond donors (Lipinski definition) is 2. The number of amides is 1. The molecule has 0 saturated heterocycles. The molecule has 0 unspecified atom stereocenters. The molecule has 8 heteroatoms. The van der Waals surface area contributed by atoms with Gasteiger partial charge in [-0.05, 0) is 74.8 Å². The Balaban J connectivity index is 1.12. The number of rotatable bonds is 5. The Bertz CT molecular complexity index is 1030. The van der Waals surface area contributed by atoms with E-state index in [2.05, 4.69) is 15.2 Å². The molecule has 6 aliphatic carbocycles. The first-order valence-electron chi connectivity index (χ1n) is 10.2. The van der Waals surface area contributed by atoms with Crippen LogP contribution in [0.5, 0.6) is 0 Å². The monoisotopic (exact) mass is 415 g/mol. The van der Waals surface area contributed by atoms with Gasteiger partial charge in [0.2, 0.25) is 0 Å². The van der Waals surface area contributed by atoms with Crippen molar-refractivity contribution >= 4 is 22.3 Å². The van der Waals surface area contributed by atoms with Crippen LogP contribution in [0.2, 0.25) is 0 Å². The van der Waals surface area contributed by atoms with Crippen molar-refractivity contribution in [2.45, 2.75) is 43.7 Å². The summed E-state index contributed by atoms with van der Waals surface area (Å²) in [5.41, 5.74) is 0.219. The van der Waals surface area contributed by atoms with E-state index in [1.807, 2.05) is 33.1 Å². The zero-order valence-corrected chi connectivity index (χ0v) is 17.7. The van der Waals surface area contributed by atoms with Crippen LogP contribution in [0.3, 0.4) is 0 Å². The van der Waals surface area contributed by atoms with Gasteiger partial charge in [-0.15, -0.1) is 0 Å². The lowest BCUT2D eigenvalue weighted by Gasteiger charge is -3.10. The van der Waals surface area contributed by atoms with Crippen LogP contribution in [-0.4, -0.2) is 31.9 Å². The van der Waals surface area contributed by atoms with Gasteiger partial charge in [-0.3, -0.25) is 0 Å². The van der Waals surface area contributed by atoms with E-state index in [0.717, 1.165) is 0 Å². The van der Waals surface area contributed by atoms with Gasteiger partial charge in [-0.2, -0.15) is 13.5 Å². The molecule has 154 valence electrons. The summed E-state index contributed by atoms with van der Waals surface area (Å²) in [6, 6.07) is 6.88. The highest BCUT2D eigenvalue weighted by molar-refractivity contribution is 7.89. The molecular formula is C21H25N3O4S. The second-order valence-electron chi connectivity index (χ2n) is 10.3. The largest absolute Gasteiger partial charge is 0.444 e. The van der Waals surface area contributed by atoms with Crippen molar-refractivity contribution in [3.05, 3.63) is 29.8 Å². The third-order valence-corrected chi connectivity index (χ3v) is 9.65. The number of alkyl carbamates (subject to hydrolysis) is 1. The normalized spacial score (nSPS) is 44.4. The van der Waals surface area contributed by atoms with Gasteiger partial charge < -0.3 is 10.1 Å². The molecule has 6 aliphatic rings. The summed E-state index contributed by atoms with van der Waals surface area (Å²) in [6.45, 7) is 7.38. The molecule has 1 aromatic rings. The maximum Gasteiger partial charge on any atom is 0.408 e. The van der Waals surface area contributed by atoms with Crippen molar-refractivity contribution in [2.24, 2.45) is 46.0 Å². The maximum absolute atomic E-state index is 12.5. The average molecular weight is 416 g/mol. The number of hydrogen-bond acceptors (Lipinski definition) is 5. The van der Waals surface area contributed by atoms with Crippen LogP contribution in [0.1, 0.15) is 26.3 Å². The van der Waals surface area contributed by atoms with Crippen LogP contribution in [0.15, 0.2) is 34.3 Å². The van der Waals surface area contributed by atoms with Crippen LogP contribution >= 0.6 is 0 Å². The van der Waals surface area contributed by atoms with E-state index in [0.29, 0.717) is 41.1 Å². The third kappa shape index (κ3) is 1.72. The van der Waals surface area contributed by atoms with Gasteiger partial charge in [0.1, 0.15) is 5.60 Å².